The van der Waals surface area contributed by atoms with Gasteiger partial charge in [0.2, 0.25) is 0 Å². The van der Waals surface area contributed by atoms with Crippen LogP contribution in [-0.4, -0.2) is 37.2 Å². The fraction of sp³-hybridized carbons (Fsp3) is 0.954. The molecule has 0 saturated carbocycles. The molecule has 0 amide bonds. The molecule has 0 aliphatic carbocycles. The predicted octanol–water partition coefficient (Wildman–Crippen LogP) is 21.7. The van der Waals surface area contributed by atoms with Crippen LogP contribution in [0.3, 0.4) is 0 Å². The van der Waals surface area contributed by atoms with Crippen LogP contribution in [0.5, 0.6) is 0 Å². The Labute approximate surface area is 444 Å². The highest BCUT2D eigenvalue weighted by Crippen LogP contribution is 2.19. The zero-order valence-corrected chi connectivity index (χ0v) is 48.7. The minimum Gasteiger partial charge on any atom is -0.462 e. The van der Waals surface area contributed by atoms with Crippen molar-refractivity contribution in [1.29, 1.82) is 0 Å². The molecule has 0 bridgehead atoms. The maximum atomic E-state index is 12.9. The molecule has 0 heterocycles. The second-order valence-electron chi connectivity index (χ2n) is 22.6. The number of hydrogen-bond donors (Lipinski definition) is 0. The first-order valence-corrected chi connectivity index (χ1v) is 32.4. The molecule has 71 heavy (non-hydrogen) atoms. The molecule has 1 unspecified atom stereocenters. The van der Waals surface area contributed by atoms with Crippen molar-refractivity contribution in [2.45, 2.75) is 381 Å². The number of esters is 3. The number of ether oxygens (including phenoxy) is 3. The van der Waals surface area contributed by atoms with Crippen molar-refractivity contribution in [3.05, 3.63) is 0 Å². The van der Waals surface area contributed by atoms with Crippen LogP contribution in [0.25, 0.3) is 0 Å². The van der Waals surface area contributed by atoms with Gasteiger partial charge in [-0.1, -0.05) is 336 Å². The summed E-state index contributed by atoms with van der Waals surface area (Å²) < 4.78 is 17.0. The van der Waals surface area contributed by atoms with E-state index < -0.39 is 6.10 Å². The molecular weight excluding hydrogens is 877 g/mol. The summed E-state index contributed by atoms with van der Waals surface area (Å²) in [5, 5.41) is 0. The van der Waals surface area contributed by atoms with E-state index >= 15 is 0 Å². The lowest BCUT2D eigenvalue weighted by molar-refractivity contribution is -0.167. The molecule has 0 spiro atoms. The van der Waals surface area contributed by atoms with Gasteiger partial charge in [0.15, 0.2) is 6.10 Å². The molecule has 0 N–H and O–H groups in total. The lowest BCUT2D eigenvalue weighted by Gasteiger charge is -2.18. The summed E-state index contributed by atoms with van der Waals surface area (Å²) in [4.78, 5) is 38.3. The first-order valence-electron chi connectivity index (χ1n) is 32.4. The topological polar surface area (TPSA) is 78.9 Å². The lowest BCUT2D eigenvalue weighted by atomic mass is 9.99. The third-order valence-electron chi connectivity index (χ3n) is 15.4. The largest absolute Gasteiger partial charge is 0.462 e. The van der Waals surface area contributed by atoms with Gasteiger partial charge in [0.05, 0.1) is 0 Å². The molecule has 0 rings (SSSR count). The minimum atomic E-state index is -0.763. The lowest BCUT2D eigenvalue weighted by Crippen LogP contribution is -2.30. The summed E-state index contributed by atoms with van der Waals surface area (Å²) in [6.07, 6.45) is 66.7. The number of hydrogen-bond acceptors (Lipinski definition) is 6. The molecule has 0 aliphatic heterocycles. The maximum Gasteiger partial charge on any atom is 0.306 e. The molecule has 0 saturated heterocycles. The number of carbonyl (C=O) groups excluding carboxylic acids is 3. The second-order valence-corrected chi connectivity index (χ2v) is 22.6. The molecule has 422 valence electrons. The molecule has 0 aromatic rings. The molecule has 0 fully saturated rings. The highest BCUT2D eigenvalue weighted by atomic mass is 16.6. The number of carbonyl (C=O) groups is 3. The van der Waals surface area contributed by atoms with Gasteiger partial charge in [-0.2, -0.15) is 0 Å². The Morgan fingerprint density at radius 1 is 0.282 bits per heavy atom. The van der Waals surface area contributed by atoms with E-state index in [1.165, 1.54) is 270 Å². The van der Waals surface area contributed by atoms with E-state index in [9.17, 15) is 14.4 Å². The minimum absolute atomic E-state index is 0.0610. The maximum absolute atomic E-state index is 12.9. The van der Waals surface area contributed by atoms with Crippen LogP contribution in [0, 0.1) is 5.92 Å². The summed E-state index contributed by atoms with van der Waals surface area (Å²) in [5.74, 6) is 0.0838. The van der Waals surface area contributed by atoms with Crippen LogP contribution in [0.1, 0.15) is 374 Å². The van der Waals surface area contributed by atoms with Crippen molar-refractivity contribution in [3.63, 3.8) is 0 Å². The van der Waals surface area contributed by atoms with Crippen LogP contribution in [0.2, 0.25) is 0 Å². The highest BCUT2D eigenvalue weighted by molar-refractivity contribution is 5.71. The quantitative estimate of drug-likeness (QED) is 0.0343. The third-order valence-corrected chi connectivity index (χ3v) is 15.4. The van der Waals surface area contributed by atoms with Gasteiger partial charge in [-0.3, -0.25) is 14.4 Å². The van der Waals surface area contributed by atoms with E-state index in [1.807, 2.05) is 0 Å². The van der Waals surface area contributed by atoms with Crippen molar-refractivity contribution >= 4 is 17.9 Å². The van der Waals surface area contributed by atoms with Crippen LogP contribution in [-0.2, 0) is 28.6 Å². The number of rotatable bonds is 60. The van der Waals surface area contributed by atoms with Gasteiger partial charge in [-0.05, 0) is 25.2 Å². The van der Waals surface area contributed by atoms with Crippen LogP contribution in [0.4, 0.5) is 0 Å². The van der Waals surface area contributed by atoms with Gasteiger partial charge in [-0.15, -0.1) is 0 Å². The van der Waals surface area contributed by atoms with Crippen molar-refractivity contribution in [1.82, 2.24) is 0 Å². The van der Waals surface area contributed by atoms with E-state index in [2.05, 4.69) is 27.7 Å². The van der Waals surface area contributed by atoms with Gasteiger partial charge >= 0.3 is 17.9 Å². The Morgan fingerprint density at radius 2 is 0.493 bits per heavy atom. The van der Waals surface area contributed by atoms with Gasteiger partial charge in [-0.25, -0.2) is 0 Å². The summed E-state index contributed by atoms with van der Waals surface area (Å²) in [6.45, 7) is 9.13. The van der Waals surface area contributed by atoms with Crippen molar-refractivity contribution < 1.29 is 28.6 Å². The molecule has 0 aromatic heterocycles. The van der Waals surface area contributed by atoms with Gasteiger partial charge < -0.3 is 14.2 Å². The van der Waals surface area contributed by atoms with Crippen molar-refractivity contribution in [3.8, 4) is 0 Å². The summed E-state index contributed by atoms with van der Waals surface area (Å²) in [5.41, 5.74) is 0. The Balaban J connectivity index is 4.25. The van der Waals surface area contributed by atoms with Gasteiger partial charge in [0.25, 0.3) is 0 Å². The van der Waals surface area contributed by atoms with E-state index in [4.69, 9.17) is 14.2 Å². The molecule has 6 heteroatoms. The zero-order valence-electron chi connectivity index (χ0n) is 48.7. The normalized spacial score (nSPS) is 12.3. The molecular formula is C65H126O6. The van der Waals surface area contributed by atoms with Crippen molar-refractivity contribution in [2.24, 2.45) is 5.92 Å². The Morgan fingerprint density at radius 3 is 0.732 bits per heavy atom. The SMILES string of the molecule is CCCCCCCCCCCCCCCCCCC(=O)O[C@H](COC(=O)CCCCCCCCCCCCCCCCC)COC(=O)CCCCCCCCCCCCCCCCCCCCC(C)CC. The Hall–Kier alpha value is -1.59. The summed E-state index contributed by atoms with van der Waals surface area (Å²) in [7, 11) is 0. The standard InChI is InChI=1S/C65H126O6/c1-5-8-10-12-14-16-18-20-22-29-34-38-42-46-50-54-58-65(68)71-62(59-69-63(66)56-52-48-44-40-36-32-27-21-19-17-15-13-11-9-6-2)60-70-64(67)57-53-49-45-41-37-33-30-26-24-23-25-28-31-35-39-43-47-51-55-61(4)7-3/h61-62H,5-60H2,1-4H3/t61?,62-/m1/s1. The molecule has 0 radical (unpaired) electrons. The van der Waals surface area contributed by atoms with E-state index in [-0.39, 0.29) is 31.1 Å². The third kappa shape index (κ3) is 57.5. The molecule has 6 nitrogen and oxygen atoms in total. The molecule has 2 atom stereocenters. The van der Waals surface area contributed by atoms with E-state index in [0.717, 1.165) is 63.7 Å². The Bertz CT molecular complexity index is 1080. The van der Waals surface area contributed by atoms with Crippen molar-refractivity contribution in [2.75, 3.05) is 13.2 Å². The molecule has 0 aromatic carbocycles. The first kappa shape index (κ1) is 69.4. The summed E-state index contributed by atoms with van der Waals surface area (Å²) >= 11 is 0. The smallest absolute Gasteiger partial charge is 0.306 e. The zero-order chi connectivity index (χ0) is 51.6. The van der Waals surface area contributed by atoms with E-state index in [1.54, 1.807) is 0 Å². The predicted molar refractivity (Wildman–Crippen MR) is 307 cm³/mol. The van der Waals surface area contributed by atoms with Crippen LogP contribution in [0.15, 0.2) is 0 Å². The van der Waals surface area contributed by atoms with Crippen LogP contribution >= 0.6 is 0 Å². The second kappa shape index (κ2) is 59.3. The molecule has 0 aliphatic rings. The Kier molecular flexibility index (Phi) is 58.0. The van der Waals surface area contributed by atoms with Gasteiger partial charge in [0.1, 0.15) is 13.2 Å². The average molecular weight is 1000 g/mol. The highest BCUT2D eigenvalue weighted by Gasteiger charge is 2.19. The average Bonchev–Trinajstić information content (AvgIpc) is 3.37. The monoisotopic (exact) mass is 1000 g/mol. The first-order chi connectivity index (χ1) is 34.9. The summed E-state index contributed by atoms with van der Waals surface area (Å²) in [6, 6.07) is 0. The number of unbranched alkanes of at least 4 members (excludes halogenated alkanes) is 46. The van der Waals surface area contributed by atoms with Crippen LogP contribution < -0.4 is 0 Å². The fourth-order valence-electron chi connectivity index (χ4n) is 10.1. The van der Waals surface area contributed by atoms with E-state index in [0.29, 0.717) is 19.3 Å². The van der Waals surface area contributed by atoms with Gasteiger partial charge in [0, 0.05) is 19.3 Å². The fourth-order valence-corrected chi connectivity index (χ4v) is 10.1.